The predicted molar refractivity (Wildman–Crippen MR) is 97.1 cm³/mol. The van der Waals surface area contributed by atoms with E-state index < -0.39 is 0 Å². The van der Waals surface area contributed by atoms with Gasteiger partial charge in [-0.2, -0.15) is 5.10 Å². The van der Waals surface area contributed by atoms with Crippen molar-refractivity contribution in [3.8, 4) is 11.1 Å². The van der Waals surface area contributed by atoms with Crippen LogP contribution in [0.15, 0.2) is 60.9 Å². The molecule has 1 atom stereocenters. The van der Waals surface area contributed by atoms with E-state index in [4.69, 9.17) is 11.6 Å². The summed E-state index contributed by atoms with van der Waals surface area (Å²) in [6.45, 7) is 2.00. The van der Waals surface area contributed by atoms with E-state index in [1.807, 2.05) is 61.7 Å². The third-order valence-corrected chi connectivity index (χ3v) is 4.23. The van der Waals surface area contributed by atoms with Crippen LogP contribution in [0.1, 0.15) is 24.8 Å². The summed E-state index contributed by atoms with van der Waals surface area (Å²) in [4.78, 5) is 12.6. The van der Waals surface area contributed by atoms with E-state index in [0.29, 0.717) is 5.02 Å². The number of halogens is 1. The van der Waals surface area contributed by atoms with E-state index in [2.05, 4.69) is 15.5 Å². The molecule has 5 heteroatoms. The molecule has 0 spiro atoms. The normalized spacial score (nSPS) is 11.9. The Morgan fingerprint density at radius 3 is 2.42 bits per heavy atom. The molecule has 4 nitrogen and oxygen atoms in total. The van der Waals surface area contributed by atoms with Gasteiger partial charge in [0.25, 0.3) is 0 Å². The predicted octanol–water partition coefficient (Wildman–Crippen LogP) is 4.86. The molecule has 2 N–H and O–H groups in total. The van der Waals surface area contributed by atoms with Crippen molar-refractivity contribution in [3.05, 3.63) is 71.5 Å². The summed E-state index contributed by atoms with van der Waals surface area (Å²) in [5, 5.41) is 10.4. The number of aromatic amines is 1. The van der Waals surface area contributed by atoms with Gasteiger partial charge in [0.15, 0.2) is 0 Å². The topological polar surface area (TPSA) is 57.8 Å². The molecular formula is C19H18ClN3O. The number of hydrogen-bond donors (Lipinski definition) is 2. The maximum Gasteiger partial charge on any atom is 0.231 e. The van der Waals surface area contributed by atoms with Gasteiger partial charge in [0.1, 0.15) is 0 Å². The standard InChI is InChI=1S/C19H18ClN3O/c1-2-18(14-3-7-16(20)8-4-14)19(24)23-17-9-5-13(6-10-17)15-11-21-22-12-15/h3-12,18H,2H2,1H3,(H,21,22)(H,23,24). The number of carbonyl (C=O) groups is 1. The van der Waals surface area contributed by atoms with E-state index in [1.54, 1.807) is 6.20 Å². The quantitative estimate of drug-likeness (QED) is 0.697. The van der Waals surface area contributed by atoms with E-state index in [1.165, 1.54) is 0 Å². The zero-order valence-corrected chi connectivity index (χ0v) is 14.0. The Hall–Kier alpha value is -2.59. The minimum atomic E-state index is -0.198. The second-order valence-electron chi connectivity index (χ2n) is 5.57. The van der Waals surface area contributed by atoms with Crippen LogP contribution < -0.4 is 5.32 Å². The van der Waals surface area contributed by atoms with Crippen molar-refractivity contribution in [2.24, 2.45) is 0 Å². The molecule has 24 heavy (non-hydrogen) atoms. The number of carbonyl (C=O) groups excluding carboxylic acids is 1. The van der Waals surface area contributed by atoms with Crippen LogP contribution in [-0.2, 0) is 4.79 Å². The van der Waals surface area contributed by atoms with Crippen molar-refractivity contribution in [3.63, 3.8) is 0 Å². The second-order valence-corrected chi connectivity index (χ2v) is 6.00. The molecule has 0 radical (unpaired) electrons. The summed E-state index contributed by atoms with van der Waals surface area (Å²) in [6.07, 6.45) is 4.32. The molecular weight excluding hydrogens is 322 g/mol. The highest BCUT2D eigenvalue weighted by atomic mass is 35.5. The van der Waals surface area contributed by atoms with E-state index in [0.717, 1.165) is 28.8 Å². The van der Waals surface area contributed by atoms with Crippen molar-refractivity contribution in [1.82, 2.24) is 10.2 Å². The number of nitrogens with zero attached hydrogens (tertiary/aromatic N) is 1. The highest BCUT2D eigenvalue weighted by Gasteiger charge is 2.18. The zero-order valence-electron chi connectivity index (χ0n) is 13.3. The van der Waals surface area contributed by atoms with Crippen LogP contribution in [0.2, 0.25) is 5.02 Å². The van der Waals surface area contributed by atoms with Gasteiger partial charge in [-0.15, -0.1) is 0 Å². The zero-order chi connectivity index (χ0) is 16.9. The first kappa shape index (κ1) is 16.3. The minimum absolute atomic E-state index is 0.0177. The van der Waals surface area contributed by atoms with E-state index in [-0.39, 0.29) is 11.8 Å². The van der Waals surface area contributed by atoms with Gasteiger partial charge in [-0.05, 0) is 41.8 Å². The summed E-state index contributed by atoms with van der Waals surface area (Å²) in [5.74, 6) is -0.216. The maximum atomic E-state index is 12.6. The molecule has 0 bridgehead atoms. The Morgan fingerprint density at radius 2 is 1.83 bits per heavy atom. The first-order valence-corrected chi connectivity index (χ1v) is 8.20. The number of benzene rings is 2. The smallest absolute Gasteiger partial charge is 0.231 e. The lowest BCUT2D eigenvalue weighted by Gasteiger charge is -2.15. The lowest BCUT2D eigenvalue weighted by molar-refractivity contribution is -0.117. The summed E-state index contributed by atoms with van der Waals surface area (Å²) >= 11 is 5.92. The molecule has 122 valence electrons. The highest BCUT2D eigenvalue weighted by molar-refractivity contribution is 6.30. The van der Waals surface area contributed by atoms with Gasteiger partial charge in [0, 0.05) is 22.5 Å². The molecule has 0 aliphatic carbocycles. The molecule has 0 aliphatic rings. The van der Waals surface area contributed by atoms with Gasteiger partial charge < -0.3 is 5.32 Å². The molecule has 0 saturated heterocycles. The molecule has 0 aliphatic heterocycles. The van der Waals surface area contributed by atoms with Crippen molar-refractivity contribution in [2.45, 2.75) is 19.3 Å². The second kappa shape index (κ2) is 7.32. The van der Waals surface area contributed by atoms with Crippen molar-refractivity contribution in [2.75, 3.05) is 5.32 Å². The molecule has 1 aromatic heterocycles. The number of aromatic nitrogens is 2. The van der Waals surface area contributed by atoms with Crippen LogP contribution in [0.3, 0.4) is 0 Å². The van der Waals surface area contributed by atoms with E-state index >= 15 is 0 Å². The van der Waals surface area contributed by atoms with Crippen molar-refractivity contribution >= 4 is 23.2 Å². The molecule has 1 heterocycles. The Bertz CT molecular complexity index is 796. The Labute approximate surface area is 145 Å². The number of H-pyrrole nitrogens is 1. The lowest BCUT2D eigenvalue weighted by Crippen LogP contribution is -2.20. The molecule has 0 fully saturated rings. The van der Waals surface area contributed by atoms with Gasteiger partial charge in [-0.1, -0.05) is 42.8 Å². The molecule has 0 saturated carbocycles. The minimum Gasteiger partial charge on any atom is -0.326 e. The Kier molecular flexibility index (Phi) is 4.96. The van der Waals surface area contributed by atoms with Crippen molar-refractivity contribution < 1.29 is 4.79 Å². The Balaban J connectivity index is 1.72. The highest BCUT2D eigenvalue weighted by Crippen LogP contribution is 2.25. The van der Waals surface area contributed by atoms with Crippen LogP contribution in [0.4, 0.5) is 5.69 Å². The molecule has 3 aromatic rings. The van der Waals surface area contributed by atoms with Gasteiger partial charge in [0.05, 0.1) is 12.1 Å². The van der Waals surface area contributed by atoms with Crippen LogP contribution in [0, 0.1) is 0 Å². The third-order valence-electron chi connectivity index (χ3n) is 3.98. The first-order chi connectivity index (χ1) is 11.7. The van der Waals surface area contributed by atoms with Crippen LogP contribution >= 0.6 is 11.6 Å². The van der Waals surface area contributed by atoms with Gasteiger partial charge in [-0.25, -0.2) is 0 Å². The average Bonchev–Trinajstić information content (AvgIpc) is 3.12. The number of amides is 1. The first-order valence-electron chi connectivity index (χ1n) is 7.83. The third kappa shape index (κ3) is 3.66. The molecule has 1 unspecified atom stereocenters. The Morgan fingerprint density at radius 1 is 1.12 bits per heavy atom. The summed E-state index contributed by atoms with van der Waals surface area (Å²) in [7, 11) is 0. The molecule has 1 amide bonds. The number of hydrogen-bond acceptors (Lipinski definition) is 2. The number of nitrogens with one attached hydrogen (secondary N) is 2. The summed E-state index contributed by atoms with van der Waals surface area (Å²) in [5.41, 5.74) is 3.81. The lowest BCUT2D eigenvalue weighted by atomic mass is 9.95. The molecule has 2 aromatic carbocycles. The fourth-order valence-corrected chi connectivity index (χ4v) is 2.78. The summed E-state index contributed by atoms with van der Waals surface area (Å²) in [6, 6.07) is 15.1. The fourth-order valence-electron chi connectivity index (χ4n) is 2.65. The van der Waals surface area contributed by atoms with Gasteiger partial charge >= 0.3 is 0 Å². The average molecular weight is 340 g/mol. The number of rotatable bonds is 5. The van der Waals surface area contributed by atoms with Gasteiger partial charge in [-0.3, -0.25) is 9.89 Å². The largest absolute Gasteiger partial charge is 0.326 e. The fraction of sp³-hybridized carbons (Fsp3) is 0.158. The van der Waals surface area contributed by atoms with Crippen LogP contribution in [-0.4, -0.2) is 16.1 Å². The van der Waals surface area contributed by atoms with Crippen LogP contribution in [0.25, 0.3) is 11.1 Å². The number of anilines is 1. The summed E-state index contributed by atoms with van der Waals surface area (Å²) < 4.78 is 0. The maximum absolute atomic E-state index is 12.6. The van der Waals surface area contributed by atoms with Crippen molar-refractivity contribution in [1.29, 1.82) is 0 Å². The van der Waals surface area contributed by atoms with E-state index in [9.17, 15) is 4.79 Å². The van der Waals surface area contributed by atoms with Crippen LogP contribution in [0.5, 0.6) is 0 Å². The SMILES string of the molecule is CCC(C(=O)Nc1ccc(-c2cn[nH]c2)cc1)c1ccc(Cl)cc1. The monoisotopic (exact) mass is 339 g/mol. The van der Waals surface area contributed by atoms with Gasteiger partial charge in [0.2, 0.25) is 5.91 Å². The molecule has 3 rings (SSSR count).